The lowest BCUT2D eigenvalue weighted by Crippen LogP contribution is -2.42. The molecule has 2 aromatic carbocycles. The van der Waals surface area contributed by atoms with Gasteiger partial charge in [-0.15, -0.1) is 12.4 Å². The van der Waals surface area contributed by atoms with Crippen molar-refractivity contribution in [1.29, 1.82) is 0 Å². The van der Waals surface area contributed by atoms with Crippen LogP contribution in [0.5, 0.6) is 0 Å². The van der Waals surface area contributed by atoms with E-state index in [0.29, 0.717) is 24.6 Å². The summed E-state index contributed by atoms with van der Waals surface area (Å²) in [5, 5.41) is 0. The van der Waals surface area contributed by atoms with Crippen LogP contribution in [0.2, 0.25) is 0 Å². The molecule has 4 rings (SSSR count). The summed E-state index contributed by atoms with van der Waals surface area (Å²) < 4.78 is 57.6. The number of nitrogens with zero attached hydrogens (tertiary/aromatic N) is 3. The second-order valence-corrected chi connectivity index (χ2v) is 14.9. The van der Waals surface area contributed by atoms with Gasteiger partial charge in [0.1, 0.15) is 0 Å². The summed E-state index contributed by atoms with van der Waals surface area (Å²) in [5.41, 5.74) is 1.55. The quantitative estimate of drug-likeness (QED) is 0.414. The van der Waals surface area contributed by atoms with Crippen molar-refractivity contribution in [3.8, 4) is 0 Å². The number of halogens is 1. The largest absolute Gasteiger partial charge is 0.303 e. The summed E-state index contributed by atoms with van der Waals surface area (Å²) in [6.07, 6.45) is 7.75. The third-order valence-corrected chi connectivity index (χ3v) is 11.6. The molecular weight excluding hydrogens is 566 g/mol. The molecule has 0 unspecified atom stereocenters. The summed E-state index contributed by atoms with van der Waals surface area (Å²) in [7, 11) is -7.52. The van der Waals surface area contributed by atoms with E-state index in [2.05, 4.69) is 11.5 Å². The minimum atomic E-state index is -3.76. The SMILES string of the molecule is C=C1CN(S(=O)(=O)c2ccccc2)CCCN(CC2CCCCC2)CCCN(S(=O)(=O)c2ccc(C)cc2)C1.Cl. The number of rotatable bonds is 6. The lowest BCUT2D eigenvalue weighted by Gasteiger charge is -2.33. The highest BCUT2D eigenvalue weighted by molar-refractivity contribution is 7.89. The summed E-state index contributed by atoms with van der Waals surface area (Å²) in [5.74, 6) is 0.656. The average Bonchev–Trinajstić information content (AvgIpc) is 2.92. The van der Waals surface area contributed by atoms with Gasteiger partial charge in [0.2, 0.25) is 20.0 Å². The van der Waals surface area contributed by atoms with Crippen LogP contribution in [0.1, 0.15) is 50.5 Å². The molecule has 2 fully saturated rings. The number of benzene rings is 2. The highest BCUT2D eigenvalue weighted by Crippen LogP contribution is 2.26. The number of aryl methyl sites for hydroxylation is 1. The van der Waals surface area contributed by atoms with E-state index in [1.165, 1.54) is 40.7 Å². The van der Waals surface area contributed by atoms with Crippen LogP contribution in [0.4, 0.5) is 0 Å². The van der Waals surface area contributed by atoms with Crippen LogP contribution in [-0.4, -0.2) is 76.2 Å². The van der Waals surface area contributed by atoms with Crippen LogP contribution in [0.3, 0.4) is 0 Å². The zero-order valence-corrected chi connectivity index (χ0v) is 26.0. The Kier molecular flexibility index (Phi) is 12.2. The molecule has 2 aliphatic rings. The Morgan fingerprint density at radius 2 is 1.20 bits per heavy atom. The van der Waals surface area contributed by atoms with Gasteiger partial charge in [-0.05, 0) is 81.5 Å². The van der Waals surface area contributed by atoms with Gasteiger partial charge in [0.15, 0.2) is 0 Å². The fourth-order valence-electron chi connectivity index (χ4n) is 5.69. The van der Waals surface area contributed by atoms with Gasteiger partial charge >= 0.3 is 0 Å². The van der Waals surface area contributed by atoms with Crippen molar-refractivity contribution in [2.45, 2.75) is 61.7 Å². The van der Waals surface area contributed by atoms with Gasteiger partial charge in [-0.2, -0.15) is 8.61 Å². The normalized spacial score (nSPS) is 20.3. The van der Waals surface area contributed by atoms with E-state index >= 15 is 0 Å². The minimum absolute atomic E-state index is 0. The van der Waals surface area contributed by atoms with E-state index < -0.39 is 20.0 Å². The standard InChI is InChI=1S/C30H43N3O4S2.ClH/c1-26-15-17-30(18-16-26)39(36,37)33-22-10-20-31(25-28-11-5-3-6-12-28)19-9-21-32(23-27(2)24-33)38(34,35)29-13-7-4-8-14-29;/h4,7-8,13-18,28H,2-3,5-6,9-12,19-25H2,1H3;1H. The molecular formula is C30H44ClN3O4S2. The first kappa shape index (κ1) is 32.8. The van der Waals surface area contributed by atoms with Gasteiger partial charge in [0, 0.05) is 32.7 Å². The summed E-state index contributed by atoms with van der Waals surface area (Å²) in [4.78, 5) is 2.92. The van der Waals surface area contributed by atoms with Gasteiger partial charge in [-0.25, -0.2) is 16.8 Å². The smallest absolute Gasteiger partial charge is 0.243 e. The molecule has 1 aliphatic heterocycles. The zero-order chi connectivity index (χ0) is 27.9. The van der Waals surface area contributed by atoms with Crippen molar-refractivity contribution in [1.82, 2.24) is 13.5 Å². The average molecular weight is 610 g/mol. The molecule has 1 saturated carbocycles. The molecule has 0 spiro atoms. The fourth-order valence-corrected chi connectivity index (χ4v) is 8.71. The van der Waals surface area contributed by atoms with Crippen LogP contribution >= 0.6 is 12.4 Å². The molecule has 0 bridgehead atoms. The van der Waals surface area contributed by atoms with Crippen LogP contribution < -0.4 is 0 Å². The van der Waals surface area contributed by atoms with Crippen LogP contribution in [0.15, 0.2) is 76.5 Å². The summed E-state index contributed by atoms with van der Waals surface area (Å²) in [6.45, 7) is 9.52. The molecule has 0 N–H and O–H groups in total. The second kappa shape index (κ2) is 14.9. The predicted molar refractivity (Wildman–Crippen MR) is 164 cm³/mol. The first-order chi connectivity index (χ1) is 18.7. The molecule has 0 amide bonds. The van der Waals surface area contributed by atoms with Gasteiger partial charge < -0.3 is 4.90 Å². The summed E-state index contributed by atoms with van der Waals surface area (Å²) in [6, 6.07) is 15.4. The van der Waals surface area contributed by atoms with Crippen molar-refractivity contribution in [3.05, 3.63) is 72.3 Å². The lowest BCUT2D eigenvalue weighted by atomic mass is 9.89. The van der Waals surface area contributed by atoms with E-state index in [0.717, 1.165) is 38.0 Å². The van der Waals surface area contributed by atoms with E-state index in [1.807, 2.05) is 6.92 Å². The van der Waals surface area contributed by atoms with Gasteiger partial charge in [-0.1, -0.05) is 61.7 Å². The van der Waals surface area contributed by atoms with Crippen LogP contribution in [0.25, 0.3) is 0 Å². The number of hydrogen-bond acceptors (Lipinski definition) is 5. The first-order valence-corrected chi connectivity index (χ1v) is 17.1. The minimum Gasteiger partial charge on any atom is -0.303 e. The molecule has 0 aromatic heterocycles. The van der Waals surface area contributed by atoms with Crippen LogP contribution in [-0.2, 0) is 20.0 Å². The third-order valence-electron chi connectivity index (χ3n) is 7.84. The molecule has 10 heteroatoms. The first-order valence-electron chi connectivity index (χ1n) is 14.2. The highest BCUT2D eigenvalue weighted by Gasteiger charge is 2.29. The van der Waals surface area contributed by atoms with E-state index in [4.69, 9.17) is 0 Å². The Morgan fingerprint density at radius 1 is 0.700 bits per heavy atom. The van der Waals surface area contributed by atoms with Gasteiger partial charge in [0.05, 0.1) is 9.79 Å². The molecule has 1 heterocycles. The monoisotopic (exact) mass is 609 g/mol. The fraction of sp³-hybridized carbons (Fsp3) is 0.533. The third kappa shape index (κ3) is 8.63. The Morgan fingerprint density at radius 3 is 1.73 bits per heavy atom. The Bertz CT molecular complexity index is 1300. The van der Waals surface area contributed by atoms with Crippen molar-refractivity contribution < 1.29 is 16.8 Å². The van der Waals surface area contributed by atoms with E-state index in [1.54, 1.807) is 54.6 Å². The maximum absolute atomic E-state index is 13.7. The molecule has 222 valence electrons. The zero-order valence-electron chi connectivity index (χ0n) is 23.6. The molecule has 2 aromatic rings. The molecule has 7 nitrogen and oxygen atoms in total. The van der Waals surface area contributed by atoms with Crippen molar-refractivity contribution in [3.63, 3.8) is 0 Å². The molecule has 40 heavy (non-hydrogen) atoms. The number of sulfonamides is 2. The predicted octanol–water partition coefficient (Wildman–Crippen LogP) is 5.33. The summed E-state index contributed by atoms with van der Waals surface area (Å²) >= 11 is 0. The second-order valence-electron chi connectivity index (χ2n) is 11.1. The molecule has 0 atom stereocenters. The maximum atomic E-state index is 13.7. The lowest BCUT2D eigenvalue weighted by molar-refractivity contribution is 0.188. The topological polar surface area (TPSA) is 78.0 Å². The molecule has 1 aliphatic carbocycles. The Balaban J connectivity index is 0.00000441. The van der Waals surface area contributed by atoms with Crippen molar-refractivity contribution >= 4 is 32.5 Å². The number of hydrogen-bond donors (Lipinski definition) is 0. The van der Waals surface area contributed by atoms with Gasteiger partial charge in [0.25, 0.3) is 0 Å². The molecule has 0 radical (unpaired) electrons. The van der Waals surface area contributed by atoms with Crippen molar-refractivity contribution in [2.75, 3.05) is 45.8 Å². The van der Waals surface area contributed by atoms with Crippen molar-refractivity contribution in [2.24, 2.45) is 5.92 Å². The highest BCUT2D eigenvalue weighted by atomic mass is 35.5. The van der Waals surface area contributed by atoms with Crippen LogP contribution in [0, 0.1) is 12.8 Å². The van der Waals surface area contributed by atoms with E-state index in [-0.39, 0.29) is 35.3 Å². The van der Waals surface area contributed by atoms with E-state index in [9.17, 15) is 16.8 Å². The van der Waals surface area contributed by atoms with Gasteiger partial charge in [-0.3, -0.25) is 0 Å². The Labute approximate surface area is 247 Å². The maximum Gasteiger partial charge on any atom is 0.243 e. The Hall–Kier alpha value is -1.75. The molecule has 1 saturated heterocycles.